The van der Waals surface area contributed by atoms with Crippen molar-refractivity contribution in [2.24, 2.45) is 0 Å². The van der Waals surface area contributed by atoms with E-state index in [1.807, 2.05) is 30.3 Å². The first kappa shape index (κ1) is 20.1. The molecule has 0 spiro atoms. The summed E-state index contributed by atoms with van der Waals surface area (Å²) in [5.41, 5.74) is 3.99. The SMILES string of the molecule is O=C(O)c1c2c(nc3ccccc13)/C(=C\c1ccc(-c3ccc([N+](=O)[O-])cc3Br)o1)CC2. The van der Waals surface area contributed by atoms with Gasteiger partial charge in [0.15, 0.2) is 0 Å². The Balaban J connectivity index is 1.55. The summed E-state index contributed by atoms with van der Waals surface area (Å²) in [4.78, 5) is 27.2. The Bertz CT molecular complexity index is 1450. The van der Waals surface area contributed by atoms with Crippen LogP contribution in [-0.4, -0.2) is 21.0 Å². The Morgan fingerprint density at radius 1 is 1.16 bits per heavy atom. The molecule has 8 heteroatoms. The van der Waals surface area contributed by atoms with Gasteiger partial charge in [0.2, 0.25) is 0 Å². The van der Waals surface area contributed by atoms with Gasteiger partial charge < -0.3 is 9.52 Å². The molecule has 7 nitrogen and oxygen atoms in total. The lowest BCUT2D eigenvalue weighted by molar-refractivity contribution is -0.384. The fourth-order valence-corrected chi connectivity index (χ4v) is 4.65. The largest absolute Gasteiger partial charge is 0.478 e. The maximum Gasteiger partial charge on any atom is 0.336 e. The molecule has 0 atom stereocenters. The Hall–Kier alpha value is -3.78. The fourth-order valence-electron chi connectivity index (χ4n) is 4.09. The van der Waals surface area contributed by atoms with Crippen LogP contribution in [0.4, 0.5) is 5.69 Å². The highest BCUT2D eigenvalue weighted by molar-refractivity contribution is 9.10. The number of rotatable bonds is 4. The standard InChI is InChI=1S/C24H15BrN2O5/c25-19-12-14(27(30)31)6-9-16(19)21-10-7-15(32-21)11-13-5-8-18-22(24(28)29)17-3-1-2-4-20(17)26-23(13)18/h1-4,6-7,9-12H,5,8H2,(H,28,29)/b13-11-. The van der Waals surface area contributed by atoms with Gasteiger partial charge in [-0.05, 0) is 70.2 Å². The van der Waals surface area contributed by atoms with Gasteiger partial charge in [-0.1, -0.05) is 18.2 Å². The Labute approximate surface area is 190 Å². The molecule has 0 saturated heterocycles. The van der Waals surface area contributed by atoms with Crippen LogP contribution in [0, 0.1) is 10.1 Å². The van der Waals surface area contributed by atoms with E-state index in [2.05, 4.69) is 15.9 Å². The number of aromatic nitrogens is 1. The molecule has 32 heavy (non-hydrogen) atoms. The molecule has 0 radical (unpaired) electrons. The van der Waals surface area contributed by atoms with Gasteiger partial charge in [0.25, 0.3) is 5.69 Å². The lowest BCUT2D eigenvalue weighted by Gasteiger charge is -2.08. The number of pyridine rings is 1. The molecule has 1 N–H and O–H groups in total. The Kier molecular flexibility index (Phi) is 4.86. The number of halogens is 1. The molecule has 0 amide bonds. The molecule has 0 saturated carbocycles. The molecule has 1 aliphatic carbocycles. The minimum Gasteiger partial charge on any atom is -0.478 e. The second kappa shape index (κ2) is 7.72. The average Bonchev–Trinajstić information content (AvgIpc) is 3.39. The minimum absolute atomic E-state index is 0.00961. The van der Waals surface area contributed by atoms with E-state index >= 15 is 0 Å². The van der Waals surface area contributed by atoms with Crippen LogP contribution in [0.1, 0.15) is 33.8 Å². The molecule has 2 aromatic carbocycles. The zero-order valence-electron chi connectivity index (χ0n) is 16.5. The number of hydrogen-bond donors (Lipinski definition) is 1. The molecular weight excluding hydrogens is 476 g/mol. The third-order valence-electron chi connectivity index (χ3n) is 5.53. The first-order chi connectivity index (χ1) is 15.4. The van der Waals surface area contributed by atoms with Crippen LogP contribution in [0.25, 0.3) is 33.9 Å². The number of carboxylic acids is 1. The molecule has 5 rings (SSSR count). The summed E-state index contributed by atoms with van der Waals surface area (Å²) in [6.07, 6.45) is 3.14. The molecule has 0 fully saturated rings. The number of benzene rings is 2. The van der Waals surface area contributed by atoms with Crippen LogP contribution in [0.5, 0.6) is 0 Å². The maximum absolute atomic E-state index is 12.0. The average molecular weight is 491 g/mol. The lowest BCUT2D eigenvalue weighted by Crippen LogP contribution is -2.05. The second-order valence-electron chi connectivity index (χ2n) is 7.43. The lowest BCUT2D eigenvalue weighted by atomic mass is 10.0. The summed E-state index contributed by atoms with van der Waals surface area (Å²) < 4.78 is 6.53. The van der Waals surface area contributed by atoms with Crippen LogP contribution in [0.2, 0.25) is 0 Å². The van der Waals surface area contributed by atoms with Crippen molar-refractivity contribution in [2.75, 3.05) is 0 Å². The number of nitro groups is 1. The third kappa shape index (κ3) is 3.38. The molecule has 0 bridgehead atoms. The van der Waals surface area contributed by atoms with Crippen LogP contribution in [-0.2, 0) is 6.42 Å². The first-order valence-corrected chi connectivity index (χ1v) is 10.6. The predicted molar refractivity (Wildman–Crippen MR) is 123 cm³/mol. The molecule has 0 unspecified atom stereocenters. The van der Waals surface area contributed by atoms with Crippen LogP contribution in [0.3, 0.4) is 0 Å². The number of para-hydroxylation sites is 1. The van der Waals surface area contributed by atoms with E-state index in [0.717, 1.165) is 11.1 Å². The van der Waals surface area contributed by atoms with Gasteiger partial charge >= 0.3 is 5.97 Å². The van der Waals surface area contributed by atoms with Crippen molar-refractivity contribution in [3.05, 3.63) is 91.8 Å². The van der Waals surface area contributed by atoms with Crippen molar-refractivity contribution in [1.82, 2.24) is 4.98 Å². The number of non-ortho nitro benzene ring substituents is 1. The zero-order chi connectivity index (χ0) is 22.4. The van der Waals surface area contributed by atoms with E-state index in [-0.39, 0.29) is 5.69 Å². The molecular formula is C24H15BrN2O5. The minimum atomic E-state index is -0.954. The first-order valence-electron chi connectivity index (χ1n) is 9.82. The number of aromatic carboxylic acids is 1. The van der Waals surface area contributed by atoms with Crippen LogP contribution in [0.15, 0.2) is 63.5 Å². The second-order valence-corrected chi connectivity index (χ2v) is 8.28. The Morgan fingerprint density at radius 2 is 1.97 bits per heavy atom. The smallest absolute Gasteiger partial charge is 0.336 e. The summed E-state index contributed by atoms with van der Waals surface area (Å²) in [6, 6.07) is 15.4. The summed E-state index contributed by atoms with van der Waals surface area (Å²) in [7, 11) is 0. The monoisotopic (exact) mass is 490 g/mol. The van der Waals surface area contributed by atoms with E-state index < -0.39 is 10.9 Å². The molecule has 2 aromatic heterocycles. The summed E-state index contributed by atoms with van der Waals surface area (Å²) >= 11 is 3.37. The molecule has 4 aromatic rings. The summed E-state index contributed by atoms with van der Waals surface area (Å²) in [6.45, 7) is 0. The molecule has 158 valence electrons. The summed E-state index contributed by atoms with van der Waals surface area (Å²) in [5.74, 6) is 0.207. The van der Waals surface area contributed by atoms with Crippen molar-refractivity contribution < 1.29 is 19.2 Å². The number of hydrogen-bond acceptors (Lipinski definition) is 5. The van der Waals surface area contributed by atoms with Gasteiger partial charge in [-0.2, -0.15) is 0 Å². The normalized spacial score (nSPS) is 14.1. The van der Waals surface area contributed by atoms with Gasteiger partial charge in [0.1, 0.15) is 11.5 Å². The van der Waals surface area contributed by atoms with Crippen molar-refractivity contribution in [2.45, 2.75) is 12.8 Å². The van der Waals surface area contributed by atoms with Crippen molar-refractivity contribution >= 4 is 50.1 Å². The highest BCUT2D eigenvalue weighted by atomic mass is 79.9. The van der Waals surface area contributed by atoms with Crippen molar-refractivity contribution in [3.8, 4) is 11.3 Å². The van der Waals surface area contributed by atoms with E-state index in [4.69, 9.17) is 9.40 Å². The van der Waals surface area contributed by atoms with Crippen LogP contribution < -0.4 is 0 Å². The summed E-state index contributed by atoms with van der Waals surface area (Å²) in [5, 5.41) is 21.4. The fraction of sp³-hybridized carbons (Fsp3) is 0.0833. The van der Waals surface area contributed by atoms with Crippen molar-refractivity contribution in [3.63, 3.8) is 0 Å². The number of nitro benzene ring substituents is 1. The highest BCUT2D eigenvalue weighted by Gasteiger charge is 2.26. The van der Waals surface area contributed by atoms with E-state index in [0.29, 0.717) is 56.6 Å². The number of carbonyl (C=O) groups is 1. The molecule has 2 heterocycles. The maximum atomic E-state index is 12.0. The van der Waals surface area contributed by atoms with Gasteiger partial charge in [0.05, 0.1) is 21.7 Å². The third-order valence-corrected chi connectivity index (χ3v) is 6.18. The van der Waals surface area contributed by atoms with Gasteiger partial charge in [-0.25, -0.2) is 9.78 Å². The quantitative estimate of drug-likeness (QED) is 0.263. The number of carboxylic acid groups (broad SMARTS) is 1. The van der Waals surface area contributed by atoms with E-state index in [9.17, 15) is 20.0 Å². The number of furan rings is 1. The Morgan fingerprint density at radius 3 is 2.72 bits per heavy atom. The highest BCUT2D eigenvalue weighted by Crippen LogP contribution is 2.38. The number of nitrogens with zero attached hydrogens (tertiary/aromatic N) is 2. The van der Waals surface area contributed by atoms with Crippen molar-refractivity contribution in [1.29, 1.82) is 0 Å². The molecule has 0 aliphatic heterocycles. The zero-order valence-corrected chi connectivity index (χ0v) is 18.1. The van der Waals surface area contributed by atoms with Gasteiger partial charge in [0, 0.05) is 27.6 Å². The number of allylic oxidation sites excluding steroid dienone is 1. The predicted octanol–water partition coefficient (Wildman–Crippen LogP) is 6.35. The van der Waals surface area contributed by atoms with E-state index in [1.54, 1.807) is 18.2 Å². The number of fused-ring (bicyclic) bond motifs is 2. The van der Waals surface area contributed by atoms with Gasteiger partial charge in [-0.15, -0.1) is 0 Å². The van der Waals surface area contributed by atoms with E-state index in [1.165, 1.54) is 12.1 Å². The molecule has 1 aliphatic rings. The topological polar surface area (TPSA) is 106 Å². The van der Waals surface area contributed by atoms with Crippen LogP contribution >= 0.6 is 15.9 Å². The van der Waals surface area contributed by atoms with Gasteiger partial charge in [-0.3, -0.25) is 10.1 Å².